The van der Waals surface area contributed by atoms with E-state index in [1.165, 1.54) is 16.0 Å². The number of carbonyl (C=O) groups excluding carboxylic acids is 1. The molecule has 0 radical (unpaired) electrons. The van der Waals surface area contributed by atoms with Crippen LogP contribution in [0, 0.1) is 6.92 Å². The molecular formula is C15H18N2OS. The van der Waals surface area contributed by atoms with E-state index in [-0.39, 0.29) is 11.9 Å². The molecule has 0 bridgehead atoms. The molecule has 1 aromatic carbocycles. The van der Waals surface area contributed by atoms with Crippen LogP contribution in [0.15, 0.2) is 35.7 Å². The molecular weight excluding hydrogens is 256 g/mol. The van der Waals surface area contributed by atoms with E-state index in [0.717, 1.165) is 5.69 Å². The number of anilines is 1. The Morgan fingerprint density at radius 3 is 2.84 bits per heavy atom. The molecule has 0 spiro atoms. The van der Waals surface area contributed by atoms with Gasteiger partial charge in [-0.15, -0.1) is 11.3 Å². The maximum Gasteiger partial charge on any atom is 0.219 e. The average Bonchev–Trinajstić information content (AvgIpc) is 2.74. The van der Waals surface area contributed by atoms with Gasteiger partial charge in [0.1, 0.15) is 0 Å². The first kappa shape index (κ1) is 13.6. The van der Waals surface area contributed by atoms with Crippen LogP contribution in [0.2, 0.25) is 0 Å². The lowest BCUT2D eigenvalue weighted by molar-refractivity contribution is -0.118. The predicted molar refractivity (Wildman–Crippen MR) is 81.4 cm³/mol. The summed E-state index contributed by atoms with van der Waals surface area (Å²) in [5.41, 5.74) is 8.69. The third-order valence-electron chi connectivity index (χ3n) is 2.91. The molecule has 0 fully saturated rings. The number of hydrogen-bond donors (Lipinski definition) is 2. The zero-order chi connectivity index (χ0) is 13.8. The number of primary amides is 1. The SMILES string of the molecule is Cc1ccsc1-c1cccc(N[C@@H](C)CC(N)=O)c1. The molecule has 4 heteroatoms. The second-order valence-electron chi connectivity index (χ2n) is 4.73. The molecule has 0 saturated heterocycles. The lowest BCUT2D eigenvalue weighted by Gasteiger charge is -2.14. The van der Waals surface area contributed by atoms with Crippen LogP contribution in [-0.2, 0) is 4.79 Å². The third-order valence-corrected chi connectivity index (χ3v) is 3.97. The molecule has 1 atom stereocenters. The van der Waals surface area contributed by atoms with Crippen molar-refractivity contribution in [3.63, 3.8) is 0 Å². The first-order valence-corrected chi connectivity index (χ1v) is 7.13. The monoisotopic (exact) mass is 274 g/mol. The predicted octanol–water partition coefficient (Wildman–Crippen LogP) is 3.40. The van der Waals surface area contributed by atoms with E-state index in [4.69, 9.17) is 5.73 Å². The molecule has 0 saturated carbocycles. The topological polar surface area (TPSA) is 55.1 Å². The van der Waals surface area contributed by atoms with Crippen molar-refractivity contribution < 1.29 is 4.79 Å². The Hall–Kier alpha value is -1.81. The van der Waals surface area contributed by atoms with Crippen LogP contribution < -0.4 is 11.1 Å². The minimum absolute atomic E-state index is 0.0391. The normalized spacial score (nSPS) is 12.1. The van der Waals surface area contributed by atoms with Gasteiger partial charge in [0, 0.05) is 23.0 Å². The number of rotatable bonds is 5. The molecule has 19 heavy (non-hydrogen) atoms. The van der Waals surface area contributed by atoms with Gasteiger partial charge in [-0.2, -0.15) is 0 Å². The first-order chi connectivity index (χ1) is 9.06. The molecule has 1 aromatic heterocycles. The quantitative estimate of drug-likeness (QED) is 0.878. The molecule has 1 heterocycles. The Balaban J connectivity index is 2.16. The summed E-state index contributed by atoms with van der Waals surface area (Å²) in [4.78, 5) is 12.2. The number of thiophene rings is 1. The molecule has 2 aromatic rings. The van der Waals surface area contributed by atoms with Gasteiger partial charge in [-0.1, -0.05) is 12.1 Å². The van der Waals surface area contributed by atoms with Gasteiger partial charge < -0.3 is 11.1 Å². The molecule has 0 aliphatic rings. The Morgan fingerprint density at radius 2 is 2.21 bits per heavy atom. The van der Waals surface area contributed by atoms with Crippen molar-refractivity contribution in [1.29, 1.82) is 0 Å². The summed E-state index contributed by atoms with van der Waals surface area (Å²) < 4.78 is 0. The Morgan fingerprint density at radius 1 is 1.42 bits per heavy atom. The smallest absolute Gasteiger partial charge is 0.219 e. The van der Waals surface area contributed by atoms with Gasteiger partial charge >= 0.3 is 0 Å². The maximum atomic E-state index is 10.9. The van der Waals surface area contributed by atoms with Crippen LogP contribution in [0.5, 0.6) is 0 Å². The van der Waals surface area contributed by atoms with Gasteiger partial charge in [-0.05, 0) is 48.6 Å². The molecule has 0 aliphatic heterocycles. The average molecular weight is 274 g/mol. The molecule has 3 nitrogen and oxygen atoms in total. The number of benzene rings is 1. The summed E-state index contributed by atoms with van der Waals surface area (Å²) in [5, 5.41) is 5.40. The van der Waals surface area contributed by atoms with Crippen LogP contribution in [-0.4, -0.2) is 11.9 Å². The number of nitrogens with two attached hydrogens (primary N) is 1. The molecule has 2 rings (SSSR count). The summed E-state index contributed by atoms with van der Waals surface area (Å²) in [6.07, 6.45) is 0.336. The van der Waals surface area contributed by atoms with E-state index in [9.17, 15) is 4.79 Å². The third kappa shape index (κ3) is 3.58. The highest BCUT2D eigenvalue weighted by atomic mass is 32.1. The number of amides is 1. The molecule has 0 aliphatic carbocycles. The van der Waals surface area contributed by atoms with Gasteiger partial charge in [-0.25, -0.2) is 0 Å². The fourth-order valence-corrected chi connectivity index (χ4v) is 2.98. The van der Waals surface area contributed by atoms with E-state index in [0.29, 0.717) is 6.42 Å². The Bertz CT molecular complexity index is 577. The number of nitrogens with one attached hydrogen (secondary N) is 1. The lowest BCUT2D eigenvalue weighted by Crippen LogP contribution is -2.23. The second kappa shape index (κ2) is 5.89. The van der Waals surface area contributed by atoms with Crippen molar-refractivity contribution in [3.8, 4) is 10.4 Å². The summed E-state index contributed by atoms with van der Waals surface area (Å²) in [7, 11) is 0. The summed E-state index contributed by atoms with van der Waals surface area (Å²) in [6.45, 7) is 4.06. The highest BCUT2D eigenvalue weighted by Gasteiger charge is 2.08. The molecule has 3 N–H and O–H groups in total. The van der Waals surface area contributed by atoms with Gasteiger partial charge in [0.05, 0.1) is 0 Å². The van der Waals surface area contributed by atoms with Gasteiger partial charge in [-0.3, -0.25) is 4.79 Å². The van der Waals surface area contributed by atoms with Crippen LogP contribution >= 0.6 is 11.3 Å². The van der Waals surface area contributed by atoms with Crippen LogP contribution in [0.4, 0.5) is 5.69 Å². The highest BCUT2D eigenvalue weighted by molar-refractivity contribution is 7.13. The van der Waals surface area contributed by atoms with Crippen LogP contribution in [0.1, 0.15) is 18.9 Å². The highest BCUT2D eigenvalue weighted by Crippen LogP contribution is 2.30. The maximum absolute atomic E-state index is 10.9. The van der Waals surface area contributed by atoms with E-state index >= 15 is 0 Å². The zero-order valence-electron chi connectivity index (χ0n) is 11.1. The Labute approximate surface area is 117 Å². The standard InChI is InChI=1S/C15H18N2OS/c1-10-6-7-19-15(10)12-4-3-5-13(9-12)17-11(2)8-14(16)18/h3-7,9,11,17H,8H2,1-2H3,(H2,16,18)/t11-/m0/s1. The molecule has 0 unspecified atom stereocenters. The summed E-state index contributed by atoms with van der Waals surface area (Å²) >= 11 is 1.74. The van der Waals surface area contributed by atoms with E-state index in [1.807, 2.05) is 19.1 Å². The van der Waals surface area contributed by atoms with Crippen molar-refractivity contribution in [3.05, 3.63) is 41.3 Å². The summed E-state index contributed by atoms with van der Waals surface area (Å²) in [6, 6.07) is 10.4. The van der Waals surface area contributed by atoms with Crippen LogP contribution in [0.25, 0.3) is 10.4 Å². The fraction of sp³-hybridized carbons (Fsp3) is 0.267. The van der Waals surface area contributed by atoms with E-state index < -0.39 is 0 Å². The number of carbonyl (C=O) groups is 1. The van der Waals surface area contributed by atoms with Crippen molar-refractivity contribution in [2.75, 3.05) is 5.32 Å². The van der Waals surface area contributed by atoms with Crippen molar-refractivity contribution in [2.24, 2.45) is 5.73 Å². The van der Waals surface area contributed by atoms with Gasteiger partial charge in [0.2, 0.25) is 5.91 Å². The van der Waals surface area contributed by atoms with Crippen molar-refractivity contribution in [2.45, 2.75) is 26.3 Å². The zero-order valence-corrected chi connectivity index (χ0v) is 12.0. The van der Waals surface area contributed by atoms with Gasteiger partial charge in [0.15, 0.2) is 0 Å². The minimum Gasteiger partial charge on any atom is -0.382 e. The lowest BCUT2D eigenvalue weighted by atomic mass is 10.1. The first-order valence-electron chi connectivity index (χ1n) is 6.25. The van der Waals surface area contributed by atoms with E-state index in [1.54, 1.807) is 11.3 Å². The molecule has 1 amide bonds. The molecule has 100 valence electrons. The fourth-order valence-electron chi connectivity index (χ4n) is 2.06. The van der Waals surface area contributed by atoms with Crippen molar-refractivity contribution in [1.82, 2.24) is 0 Å². The minimum atomic E-state index is -0.287. The largest absolute Gasteiger partial charge is 0.382 e. The number of hydrogen-bond acceptors (Lipinski definition) is 3. The number of aryl methyl sites for hydroxylation is 1. The summed E-state index contributed by atoms with van der Waals surface area (Å²) in [5.74, 6) is -0.287. The van der Waals surface area contributed by atoms with Gasteiger partial charge in [0.25, 0.3) is 0 Å². The second-order valence-corrected chi connectivity index (χ2v) is 5.65. The van der Waals surface area contributed by atoms with Crippen molar-refractivity contribution >= 4 is 22.9 Å². The van der Waals surface area contributed by atoms with E-state index in [2.05, 4.69) is 35.8 Å². The Kier molecular flexibility index (Phi) is 4.22. The van der Waals surface area contributed by atoms with Crippen LogP contribution in [0.3, 0.4) is 0 Å².